The molecule has 1 heterocycles. The molecular weight excluding hydrogens is 229 g/mol. The van der Waals surface area contributed by atoms with E-state index in [9.17, 15) is 9.59 Å². The number of rotatable bonds is 0. The van der Waals surface area contributed by atoms with E-state index in [0.717, 1.165) is 0 Å². The van der Waals surface area contributed by atoms with Gasteiger partial charge < -0.3 is 4.42 Å². The first-order valence-electron chi connectivity index (χ1n) is 3.62. The predicted molar refractivity (Wildman–Crippen MR) is 53.0 cm³/mol. The number of aromatic nitrogens is 1. The molecule has 0 aliphatic rings. The zero-order valence-corrected chi connectivity index (χ0v) is 8.17. The van der Waals surface area contributed by atoms with Crippen LogP contribution in [-0.2, 0) is 0 Å². The molecule has 1 aromatic carbocycles. The van der Waals surface area contributed by atoms with Gasteiger partial charge in [-0.05, 0) is 12.1 Å². The van der Waals surface area contributed by atoms with Gasteiger partial charge in [-0.15, -0.1) is 0 Å². The van der Waals surface area contributed by atoms with E-state index in [2.05, 4.69) is 4.42 Å². The normalized spacial score (nSPS) is 10.7. The van der Waals surface area contributed by atoms with Crippen LogP contribution in [0.15, 0.2) is 32.2 Å². The first kappa shape index (κ1) is 9.30. The Morgan fingerprint density at radius 2 is 2.00 bits per heavy atom. The lowest BCUT2D eigenvalue weighted by atomic mass is 10.2. The number of fused-ring (bicyclic) bond motifs is 1. The summed E-state index contributed by atoms with van der Waals surface area (Å²) in [4.78, 5) is 22.2. The highest BCUT2D eigenvalue weighted by Gasteiger charge is 2.10. The van der Waals surface area contributed by atoms with Gasteiger partial charge in [0.25, 0.3) is 0 Å². The summed E-state index contributed by atoms with van der Waals surface area (Å²) >= 11 is 11.4. The number of halogens is 2. The Morgan fingerprint density at radius 3 is 2.71 bits per heavy atom. The first-order valence-corrected chi connectivity index (χ1v) is 4.33. The molecule has 0 fully saturated rings. The van der Waals surface area contributed by atoms with E-state index < -0.39 is 11.4 Å². The zero-order valence-electron chi connectivity index (χ0n) is 6.66. The molecule has 0 aliphatic carbocycles. The van der Waals surface area contributed by atoms with Crippen LogP contribution in [0.25, 0.3) is 10.9 Å². The smallest absolute Gasteiger partial charge is 0.371 e. The van der Waals surface area contributed by atoms with Crippen LogP contribution in [-0.4, -0.2) is 4.09 Å². The summed E-state index contributed by atoms with van der Waals surface area (Å²) in [5.74, 6) is -0.947. The van der Waals surface area contributed by atoms with Crippen LogP contribution >= 0.6 is 23.4 Å². The quantitative estimate of drug-likeness (QED) is 0.693. The number of para-hydroxylation sites is 1. The highest BCUT2D eigenvalue weighted by Crippen LogP contribution is 2.19. The van der Waals surface area contributed by atoms with Crippen LogP contribution in [0.2, 0.25) is 5.02 Å². The Morgan fingerprint density at radius 1 is 1.29 bits per heavy atom. The van der Waals surface area contributed by atoms with E-state index in [1.54, 1.807) is 6.07 Å². The molecule has 0 unspecified atom stereocenters. The highest BCUT2D eigenvalue weighted by atomic mass is 35.5. The fraction of sp³-hybridized carbons (Fsp3) is 0. The van der Waals surface area contributed by atoms with Crippen LogP contribution < -0.4 is 11.4 Å². The maximum atomic E-state index is 11.2. The Labute approximate surface area is 87.4 Å². The second-order valence-electron chi connectivity index (χ2n) is 2.57. The van der Waals surface area contributed by atoms with Gasteiger partial charge in [0.2, 0.25) is 0 Å². The van der Waals surface area contributed by atoms with Crippen molar-refractivity contribution in [3.8, 4) is 0 Å². The third kappa shape index (κ3) is 1.23. The van der Waals surface area contributed by atoms with Crippen LogP contribution in [0.5, 0.6) is 0 Å². The summed E-state index contributed by atoms with van der Waals surface area (Å²) in [6.07, 6.45) is 0. The van der Waals surface area contributed by atoms with Gasteiger partial charge >= 0.3 is 11.4 Å². The minimum Gasteiger partial charge on any atom is -0.371 e. The molecule has 0 atom stereocenters. The van der Waals surface area contributed by atoms with E-state index in [0.29, 0.717) is 4.09 Å². The van der Waals surface area contributed by atoms with Gasteiger partial charge in [-0.1, -0.05) is 17.7 Å². The van der Waals surface area contributed by atoms with Gasteiger partial charge in [0.1, 0.15) is 0 Å². The van der Waals surface area contributed by atoms with Gasteiger partial charge in [0.05, 0.1) is 15.9 Å². The van der Waals surface area contributed by atoms with Gasteiger partial charge in [-0.25, -0.2) is 9.59 Å². The lowest BCUT2D eigenvalue weighted by molar-refractivity contribution is 0.452. The first-order chi connectivity index (χ1) is 6.61. The van der Waals surface area contributed by atoms with E-state index >= 15 is 0 Å². The molecule has 2 aromatic rings. The van der Waals surface area contributed by atoms with E-state index in [1.807, 2.05) is 0 Å². The van der Waals surface area contributed by atoms with E-state index in [4.69, 9.17) is 23.4 Å². The van der Waals surface area contributed by atoms with Gasteiger partial charge in [-0.3, -0.25) is 0 Å². The average molecular weight is 232 g/mol. The molecular formula is C8H3Cl2NO3. The molecule has 1 aromatic heterocycles. The number of benzene rings is 1. The summed E-state index contributed by atoms with van der Waals surface area (Å²) in [5, 5.41) is 0.398. The number of hydrogen-bond donors (Lipinski definition) is 0. The van der Waals surface area contributed by atoms with Crippen LogP contribution in [0.4, 0.5) is 0 Å². The molecule has 72 valence electrons. The monoisotopic (exact) mass is 231 g/mol. The largest absolute Gasteiger partial charge is 0.437 e. The lowest BCUT2D eigenvalue weighted by Crippen LogP contribution is -2.19. The van der Waals surface area contributed by atoms with Crippen LogP contribution in [0.1, 0.15) is 0 Å². The third-order valence-electron chi connectivity index (χ3n) is 1.74. The van der Waals surface area contributed by atoms with Crippen molar-refractivity contribution in [1.29, 1.82) is 0 Å². The maximum Gasteiger partial charge on any atom is 0.437 e. The van der Waals surface area contributed by atoms with Crippen molar-refractivity contribution in [1.82, 2.24) is 4.09 Å². The SMILES string of the molecule is O=c1oc(=O)n(Cl)c2c(Cl)cccc12. The summed E-state index contributed by atoms with van der Waals surface area (Å²) < 4.78 is 5.02. The number of nitrogens with zero attached hydrogens (tertiary/aromatic N) is 1. The molecule has 14 heavy (non-hydrogen) atoms. The standard InChI is InChI=1S/C8H3Cl2NO3/c9-5-3-1-2-4-6(5)11(10)8(13)14-7(4)12/h1-3H. The topological polar surface area (TPSA) is 52.2 Å². The van der Waals surface area contributed by atoms with Crippen molar-refractivity contribution in [2.45, 2.75) is 0 Å². The molecule has 0 saturated carbocycles. The Kier molecular flexibility index (Phi) is 2.09. The molecule has 0 amide bonds. The Hall–Kier alpha value is -1.26. The molecule has 0 aliphatic heterocycles. The molecule has 6 heteroatoms. The van der Waals surface area contributed by atoms with Crippen LogP contribution in [0, 0.1) is 0 Å². The molecule has 4 nitrogen and oxygen atoms in total. The lowest BCUT2D eigenvalue weighted by Gasteiger charge is -2.00. The second-order valence-corrected chi connectivity index (χ2v) is 3.32. The number of hydrogen-bond acceptors (Lipinski definition) is 3. The minimum atomic E-state index is -0.947. The highest BCUT2D eigenvalue weighted by molar-refractivity contribution is 6.36. The van der Waals surface area contributed by atoms with Crippen LogP contribution in [0.3, 0.4) is 0 Å². The molecule has 0 spiro atoms. The fourth-order valence-corrected chi connectivity index (χ4v) is 1.66. The summed E-state index contributed by atoms with van der Waals surface area (Å²) in [6, 6.07) is 4.58. The molecule has 0 N–H and O–H groups in total. The van der Waals surface area contributed by atoms with Crippen molar-refractivity contribution in [2.75, 3.05) is 0 Å². The molecule has 0 bridgehead atoms. The van der Waals surface area contributed by atoms with Crippen molar-refractivity contribution >= 4 is 34.3 Å². The third-order valence-corrected chi connectivity index (χ3v) is 2.36. The fourth-order valence-electron chi connectivity index (χ4n) is 1.15. The maximum absolute atomic E-state index is 11.2. The zero-order chi connectivity index (χ0) is 10.3. The summed E-state index contributed by atoms with van der Waals surface area (Å²) in [7, 11) is 0. The van der Waals surface area contributed by atoms with Crippen molar-refractivity contribution in [2.24, 2.45) is 0 Å². The summed E-state index contributed by atoms with van der Waals surface area (Å²) in [6.45, 7) is 0. The second kappa shape index (κ2) is 3.15. The van der Waals surface area contributed by atoms with Crippen molar-refractivity contribution < 1.29 is 4.42 Å². The Balaban J connectivity index is 3.19. The van der Waals surface area contributed by atoms with Gasteiger partial charge in [-0.2, -0.15) is 4.09 Å². The summed E-state index contributed by atoms with van der Waals surface area (Å²) in [5.41, 5.74) is -0.582. The average Bonchev–Trinajstić information content (AvgIpc) is 2.14. The van der Waals surface area contributed by atoms with Gasteiger partial charge in [0, 0.05) is 11.8 Å². The minimum absolute atomic E-state index is 0.164. The Bertz CT molecular complexity index is 614. The molecule has 0 saturated heterocycles. The van der Waals surface area contributed by atoms with Crippen molar-refractivity contribution in [3.63, 3.8) is 0 Å². The van der Waals surface area contributed by atoms with Crippen molar-refractivity contribution in [3.05, 3.63) is 44.2 Å². The molecule has 0 radical (unpaired) electrons. The van der Waals surface area contributed by atoms with Gasteiger partial charge in [0.15, 0.2) is 0 Å². The van der Waals surface area contributed by atoms with E-state index in [1.165, 1.54) is 12.1 Å². The predicted octanol–water partition coefficient (Wildman–Crippen LogP) is 1.61. The van der Waals surface area contributed by atoms with E-state index in [-0.39, 0.29) is 15.9 Å². The molecule has 2 rings (SSSR count).